The Balaban J connectivity index is 1.29. The number of amides is 1. The molecule has 0 bridgehead atoms. The van der Waals surface area contributed by atoms with Gasteiger partial charge in [0, 0.05) is 36.9 Å². The summed E-state index contributed by atoms with van der Waals surface area (Å²) < 4.78 is 10.6. The molecule has 0 radical (unpaired) electrons. The average molecular weight is 426 g/mol. The van der Waals surface area contributed by atoms with Gasteiger partial charge in [-0.25, -0.2) is 0 Å². The van der Waals surface area contributed by atoms with Crippen LogP contribution in [0.5, 0.6) is 5.75 Å². The number of hydrogen-bond donors (Lipinski definition) is 0. The zero-order valence-electron chi connectivity index (χ0n) is 16.9. The molecule has 156 valence electrons. The minimum Gasteiger partial charge on any atom is -0.497 e. The molecule has 1 fully saturated rings. The predicted molar refractivity (Wildman–Crippen MR) is 114 cm³/mol. The van der Waals surface area contributed by atoms with Crippen molar-refractivity contribution in [2.75, 3.05) is 20.2 Å². The molecule has 4 rings (SSSR count). The van der Waals surface area contributed by atoms with Crippen molar-refractivity contribution < 1.29 is 14.1 Å². The lowest BCUT2D eigenvalue weighted by molar-refractivity contribution is -0.127. The van der Waals surface area contributed by atoms with Crippen LogP contribution in [-0.4, -0.2) is 41.1 Å². The molecular formula is C23H24ClN3O3. The van der Waals surface area contributed by atoms with Crippen LogP contribution in [0.4, 0.5) is 0 Å². The topological polar surface area (TPSA) is 68.5 Å². The SMILES string of the molecule is COc1ccc(CCc2nc(C3CC(=O)N(CCc4ccc(Cl)cc4)C3)no2)cc1. The Morgan fingerprint density at radius 3 is 2.50 bits per heavy atom. The number of aryl methyl sites for hydroxylation is 2. The Bertz CT molecular complexity index is 986. The molecule has 1 aliphatic rings. The van der Waals surface area contributed by atoms with Crippen molar-refractivity contribution in [1.82, 2.24) is 15.0 Å². The van der Waals surface area contributed by atoms with Gasteiger partial charge in [0.05, 0.1) is 7.11 Å². The van der Waals surface area contributed by atoms with Crippen LogP contribution >= 0.6 is 11.6 Å². The van der Waals surface area contributed by atoms with Crippen LogP contribution in [0.25, 0.3) is 0 Å². The molecule has 0 aliphatic carbocycles. The number of methoxy groups -OCH3 is 1. The summed E-state index contributed by atoms with van der Waals surface area (Å²) in [6.07, 6.45) is 2.70. The average Bonchev–Trinajstić information content (AvgIpc) is 3.39. The number of ether oxygens (including phenoxy) is 1. The maximum absolute atomic E-state index is 12.4. The molecule has 0 spiro atoms. The normalized spacial score (nSPS) is 16.3. The van der Waals surface area contributed by atoms with Gasteiger partial charge in [-0.2, -0.15) is 4.98 Å². The molecular weight excluding hydrogens is 402 g/mol. The summed E-state index contributed by atoms with van der Waals surface area (Å²) in [7, 11) is 1.65. The molecule has 1 unspecified atom stereocenters. The number of carbonyl (C=O) groups is 1. The van der Waals surface area contributed by atoms with E-state index in [1.165, 1.54) is 5.56 Å². The summed E-state index contributed by atoms with van der Waals surface area (Å²) in [5.74, 6) is 2.19. The summed E-state index contributed by atoms with van der Waals surface area (Å²) in [6, 6.07) is 15.7. The van der Waals surface area contributed by atoms with Crippen LogP contribution in [0.15, 0.2) is 53.1 Å². The van der Waals surface area contributed by atoms with Crippen molar-refractivity contribution in [3.63, 3.8) is 0 Å². The van der Waals surface area contributed by atoms with E-state index in [4.69, 9.17) is 20.9 Å². The van der Waals surface area contributed by atoms with Crippen LogP contribution in [0.1, 0.15) is 35.2 Å². The fourth-order valence-electron chi connectivity index (χ4n) is 3.66. The van der Waals surface area contributed by atoms with E-state index in [0.29, 0.717) is 37.6 Å². The lowest BCUT2D eigenvalue weighted by Crippen LogP contribution is -2.27. The number of carbonyl (C=O) groups excluding carboxylic acids is 1. The van der Waals surface area contributed by atoms with Crippen molar-refractivity contribution in [1.29, 1.82) is 0 Å². The lowest BCUT2D eigenvalue weighted by Gasteiger charge is -2.15. The molecule has 1 amide bonds. The summed E-state index contributed by atoms with van der Waals surface area (Å²) >= 11 is 5.93. The van der Waals surface area contributed by atoms with E-state index in [1.807, 2.05) is 53.4 Å². The number of aromatic nitrogens is 2. The molecule has 2 aromatic carbocycles. The Hall–Kier alpha value is -2.86. The molecule has 7 heteroatoms. The first-order valence-corrected chi connectivity index (χ1v) is 10.5. The van der Waals surface area contributed by atoms with E-state index in [9.17, 15) is 4.79 Å². The zero-order valence-corrected chi connectivity index (χ0v) is 17.6. The fraction of sp³-hybridized carbons (Fsp3) is 0.348. The Labute approximate surface area is 180 Å². The van der Waals surface area contributed by atoms with E-state index in [0.717, 1.165) is 29.2 Å². The first-order valence-electron chi connectivity index (χ1n) is 10.1. The number of likely N-dealkylation sites (tertiary alicyclic amines) is 1. The van der Waals surface area contributed by atoms with Crippen LogP contribution in [0, 0.1) is 0 Å². The molecule has 1 atom stereocenters. The van der Waals surface area contributed by atoms with Gasteiger partial charge in [0.25, 0.3) is 0 Å². The molecule has 1 aliphatic heterocycles. The minimum atomic E-state index is -0.0128. The third kappa shape index (κ3) is 5.00. The van der Waals surface area contributed by atoms with Gasteiger partial charge in [-0.1, -0.05) is 41.0 Å². The lowest BCUT2D eigenvalue weighted by atomic mass is 10.1. The van der Waals surface area contributed by atoms with Crippen LogP contribution < -0.4 is 4.74 Å². The van der Waals surface area contributed by atoms with Gasteiger partial charge in [0.2, 0.25) is 11.8 Å². The second kappa shape index (κ2) is 9.30. The van der Waals surface area contributed by atoms with Gasteiger partial charge in [-0.05, 0) is 48.2 Å². The van der Waals surface area contributed by atoms with E-state index >= 15 is 0 Å². The van der Waals surface area contributed by atoms with Crippen molar-refractivity contribution in [2.24, 2.45) is 0 Å². The number of rotatable bonds is 8. The summed E-state index contributed by atoms with van der Waals surface area (Å²) in [5, 5.41) is 4.85. The van der Waals surface area contributed by atoms with Crippen LogP contribution in [0.2, 0.25) is 5.02 Å². The highest BCUT2D eigenvalue weighted by molar-refractivity contribution is 6.30. The third-order valence-electron chi connectivity index (χ3n) is 5.43. The van der Waals surface area contributed by atoms with E-state index in [1.54, 1.807) is 7.11 Å². The van der Waals surface area contributed by atoms with Crippen molar-refractivity contribution in [2.45, 2.75) is 31.6 Å². The highest BCUT2D eigenvalue weighted by atomic mass is 35.5. The predicted octanol–water partition coefficient (Wildman–Crippen LogP) is 4.08. The third-order valence-corrected chi connectivity index (χ3v) is 5.69. The summed E-state index contributed by atoms with van der Waals surface area (Å²) in [6.45, 7) is 1.31. The van der Waals surface area contributed by atoms with Gasteiger partial charge in [-0.3, -0.25) is 4.79 Å². The van der Waals surface area contributed by atoms with Crippen molar-refractivity contribution >= 4 is 17.5 Å². The number of benzene rings is 2. The fourth-order valence-corrected chi connectivity index (χ4v) is 3.78. The number of hydrogen-bond acceptors (Lipinski definition) is 5. The molecule has 1 aromatic heterocycles. The van der Waals surface area contributed by atoms with Gasteiger partial charge in [-0.15, -0.1) is 0 Å². The van der Waals surface area contributed by atoms with E-state index in [-0.39, 0.29) is 11.8 Å². The van der Waals surface area contributed by atoms with Gasteiger partial charge < -0.3 is 14.2 Å². The molecule has 30 heavy (non-hydrogen) atoms. The standard InChI is InChI=1S/C23H24ClN3O3/c1-29-20-9-4-16(5-10-20)6-11-21-25-23(26-30-21)18-14-22(28)27(15-18)13-12-17-2-7-19(24)8-3-17/h2-5,7-10,18H,6,11-15H2,1H3. The highest BCUT2D eigenvalue weighted by Gasteiger charge is 2.33. The smallest absolute Gasteiger partial charge is 0.226 e. The second-order valence-corrected chi connectivity index (χ2v) is 7.95. The molecule has 0 saturated carbocycles. The first kappa shape index (κ1) is 20.4. The first-order chi connectivity index (χ1) is 14.6. The van der Waals surface area contributed by atoms with Gasteiger partial charge in [0.1, 0.15) is 5.75 Å². The zero-order chi connectivity index (χ0) is 20.9. The number of halogens is 1. The highest BCUT2D eigenvalue weighted by Crippen LogP contribution is 2.26. The maximum Gasteiger partial charge on any atom is 0.226 e. The monoisotopic (exact) mass is 425 g/mol. The quantitative estimate of drug-likeness (QED) is 0.544. The van der Waals surface area contributed by atoms with Crippen LogP contribution in [-0.2, 0) is 24.1 Å². The Kier molecular flexibility index (Phi) is 6.33. The molecule has 3 aromatic rings. The van der Waals surface area contributed by atoms with Gasteiger partial charge in [0.15, 0.2) is 5.82 Å². The van der Waals surface area contributed by atoms with Crippen molar-refractivity contribution in [3.05, 3.63) is 76.4 Å². The largest absolute Gasteiger partial charge is 0.497 e. The molecule has 0 N–H and O–H groups in total. The Morgan fingerprint density at radius 1 is 1.07 bits per heavy atom. The second-order valence-electron chi connectivity index (χ2n) is 7.51. The van der Waals surface area contributed by atoms with E-state index < -0.39 is 0 Å². The molecule has 6 nitrogen and oxygen atoms in total. The summed E-state index contributed by atoms with van der Waals surface area (Å²) in [5.41, 5.74) is 2.34. The van der Waals surface area contributed by atoms with Crippen molar-refractivity contribution in [3.8, 4) is 5.75 Å². The van der Waals surface area contributed by atoms with E-state index in [2.05, 4.69) is 10.1 Å². The Morgan fingerprint density at radius 2 is 1.77 bits per heavy atom. The minimum absolute atomic E-state index is 0.0128. The molecule has 2 heterocycles. The van der Waals surface area contributed by atoms with Gasteiger partial charge >= 0.3 is 0 Å². The molecule has 1 saturated heterocycles. The maximum atomic E-state index is 12.4. The summed E-state index contributed by atoms with van der Waals surface area (Å²) in [4.78, 5) is 18.8. The van der Waals surface area contributed by atoms with Crippen LogP contribution in [0.3, 0.4) is 0 Å². The number of nitrogens with zero attached hydrogens (tertiary/aromatic N) is 3.